The number of phenols is 4. The third kappa shape index (κ3) is 4.28. The zero-order chi connectivity index (χ0) is 27.7. The largest absolute Gasteiger partial charge is 0.508 e. The summed E-state index contributed by atoms with van der Waals surface area (Å²) in [6.07, 6.45) is 5.98. The number of ketones is 1. The van der Waals surface area contributed by atoms with Gasteiger partial charge in [-0.1, -0.05) is 12.1 Å². The molecule has 3 aromatic carbocycles. The van der Waals surface area contributed by atoms with Crippen molar-refractivity contribution in [3.05, 3.63) is 82.9 Å². The van der Waals surface area contributed by atoms with Crippen LogP contribution in [0, 0.1) is 5.92 Å². The van der Waals surface area contributed by atoms with E-state index in [1.165, 1.54) is 18.2 Å². The maximum absolute atomic E-state index is 14.2. The second kappa shape index (κ2) is 8.56. The molecule has 0 amide bonds. The number of rotatable bonds is 4. The Hall–Kier alpha value is -4.39. The average molecular weight is 527 g/mol. The van der Waals surface area contributed by atoms with Crippen molar-refractivity contribution < 1.29 is 34.7 Å². The van der Waals surface area contributed by atoms with Gasteiger partial charge in [-0.2, -0.15) is 0 Å². The summed E-state index contributed by atoms with van der Waals surface area (Å²) in [7, 11) is 0. The summed E-state index contributed by atoms with van der Waals surface area (Å²) >= 11 is 0. The van der Waals surface area contributed by atoms with Crippen LogP contribution in [0.15, 0.2) is 60.7 Å². The van der Waals surface area contributed by atoms with Gasteiger partial charge in [-0.05, 0) is 92.5 Å². The Kier molecular flexibility index (Phi) is 5.47. The van der Waals surface area contributed by atoms with Crippen LogP contribution in [0.1, 0.15) is 55.4 Å². The molecule has 3 aliphatic rings. The van der Waals surface area contributed by atoms with E-state index in [2.05, 4.69) is 0 Å². The Morgan fingerprint density at radius 1 is 0.923 bits per heavy atom. The molecule has 0 aromatic heterocycles. The lowest BCUT2D eigenvalue weighted by molar-refractivity contribution is -0.121. The minimum absolute atomic E-state index is 0.00774. The second-order valence-corrected chi connectivity index (χ2v) is 11.4. The van der Waals surface area contributed by atoms with E-state index in [-0.39, 0.29) is 46.7 Å². The van der Waals surface area contributed by atoms with E-state index in [9.17, 15) is 25.2 Å². The smallest absolute Gasteiger partial charge is 0.145 e. The summed E-state index contributed by atoms with van der Waals surface area (Å²) in [6.45, 7) is 5.71. The van der Waals surface area contributed by atoms with Crippen LogP contribution in [0.2, 0.25) is 0 Å². The molecule has 0 spiro atoms. The van der Waals surface area contributed by atoms with E-state index in [1.54, 1.807) is 36.4 Å². The molecule has 2 aliphatic heterocycles. The van der Waals surface area contributed by atoms with Crippen molar-refractivity contribution in [3.8, 4) is 34.5 Å². The van der Waals surface area contributed by atoms with Crippen molar-refractivity contribution in [1.82, 2.24) is 0 Å². The molecule has 6 rings (SSSR count). The lowest BCUT2D eigenvalue weighted by Crippen LogP contribution is -2.44. The number of carbonyl (C=O) groups excluding carboxylic acids is 1. The number of hydrogen-bond donors (Lipinski definition) is 4. The Morgan fingerprint density at radius 3 is 2.41 bits per heavy atom. The Balaban J connectivity index is 1.46. The summed E-state index contributed by atoms with van der Waals surface area (Å²) in [5.41, 5.74) is 1.23. The number of benzene rings is 3. The average Bonchev–Trinajstić information content (AvgIpc) is 2.82. The SMILES string of the molecule is CC1(C)C=Cc2c(O)cc(CC(=O)C3C(c4c(O)cccc4O)=CC4(C)CC3c3ccc(O)cc3O4)cc2O1. The van der Waals surface area contributed by atoms with E-state index in [1.807, 2.05) is 32.9 Å². The molecule has 2 heterocycles. The predicted molar refractivity (Wildman–Crippen MR) is 146 cm³/mol. The molecule has 3 atom stereocenters. The number of Topliss-reactive ketones (excluding diaryl/α,β-unsaturated/α-hetero) is 1. The third-order valence-electron chi connectivity index (χ3n) is 7.80. The third-order valence-corrected chi connectivity index (χ3v) is 7.80. The molecule has 3 unspecified atom stereocenters. The number of carbonyl (C=O) groups is 1. The number of allylic oxidation sites excluding steroid dienone is 1. The number of phenolic OH excluding ortho intramolecular Hbond substituents is 4. The first-order valence-electron chi connectivity index (χ1n) is 13.0. The molecule has 0 saturated carbocycles. The Morgan fingerprint density at radius 2 is 1.67 bits per heavy atom. The van der Waals surface area contributed by atoms with Gasteiger partial charge in [-0.25, -0.2) is 0 Å². The Bertz CT molecular complexity index is 1560. The van der Waals surface area contributed by atoms with E-state index in [4.69, 9.17) is 9.47 Å². The molecule has 0 saturated heterocycles. The van der Waals surface area contributed by atoms with Crippen LogP contribution in [0.4, 0.5) is 0 Å². The molecule has 7 heteroatoms. The molecule has 1 aliphatic carbocycles. The van der Waals surface area contributed by atoms with Crippen LogP contribution in [0.5, 0.6) is 34.5 Å². The molecule has 7 nitrogen and oxygen atoms in total. The topological polar surface area (TPSA) is 116 Å². The molecular weight excluding hydrogens is 496 g/mol. The molecule has 0 fully saturated rings. The molecule has 0 radical (unpaired) electrons. The highest BCUT2D eigenvalue weighted by Crippen LogP contribution is 2.56. The standard InChI is InChI=1S/C32H30O7/c1-31(2)10-9-20-25(36)11-17(13-27(20)38-31)12-26(37)29-21-15-32(3,39-28-14-18(33)7-8-19(21)28)16-22(29)30-23(34)5-4-6-24(30)35/h4-11,13-14,16,21,29,33-36H,12,15H2,1-3H3. The second-order valence-electron chi connectivity index (χ2n) is 11.4. The van der Waals surface area contributed by atoms with E-state index in [0.29, 0.717) is 34.6 Å². The van der Waals surface area contributed by atoms with Crippen LogP contribution < -0.4 is 9.47 Å². The number of hydrogen-bond acceptors (Lipinski definition) is 7. The zero-order valence-electron chi connectivity index (χ0n) is 21.9. The normalized spacial score (nSPS) is 24.0. The van der Waals surface area contributed by atoms with E-state index in [0.717, 1.165) is 5.56 Å². The van der Waals surface area contributed by atoms with Crippen LogP contribution in [0.25, 0.3) is 11.6 Å². The minimum atomic E-state index is -0.831. The van der Waals surface area contributed by atoms with Gasteiger partial charge in [0.15, 0.2) is 0 Å². The van der Waals surface area contributed by atoms with Gasteiger partial charge in [0.2, 0.25) is 0 Å². The fraction of sp³-hybridized carbons (Fsp3) is 0.281. The van der Waals surface area contributed by atoms with Crippen molar-refractivity contribution in [2.75, 3.05) is 0 Å². The first-order chi connectivity index (χ1) is 18.4. The van der Waals surface area contributed by atoms with E-state index >= 15 is 0 Å². The van der Waals surface area contributed by atoms with Gasteiger partial charge in [-0.3, -0.25) is 4.79 Å². The monoisotopic (exact) mass is 526 g/mol. The van der Waals surface area contributed by atoms with E-state index < -0.39 is 17.1 Å². The highest BCUT2D eigenvalue weighted by molar-refractivity contribution is 5.98. The lowest BCUT2D eigenvalue weighted by atomic mass is 9.64. The van der Waals surface area contributed by atoms with Gasteiger partial charge in [0.25, 0.3) is 0 Å². The van der Waals surface area contributed by atoms with Crippen molar-refractivity contribution in [1.29, 1.82) is 0 Å². The number of ether oxygens (including phenoxy) is 2. The van der Waals surface area contributed by atoms with Gasteiger partial charge >= 0.3 is 0 Å². The quantitative estimate of drug-likeness (QED) is 0.337. The number of aromatic hydroxyl groups is 4. The van der Waals surface area contributed by atoms with Crippen molar-refractivity contribution >= 4 is 17.4 Å². The Labute approximate surface area is 226 Å². The fourth-order valence-corrected chi connectivity index (χ4v) is 6.16. The van der Waals surface area contributed by atoms with Gasteiger partial charge < -0.3 is 29.9 Å². The molecule has 39 heavy (non-hydrogen) atoms. The van der Waals surface area contributed by atoms with Crippen molar-refractivity contribution in [2.45, 2.75) is 50.7 Å². The first-order valence-corrected chi connectivity index (χ1v) is 13.0. The summed E-state index contributed by atoms with van der Waals surface area (Å²) in [5.74, 6) is -0.412. The maximum Gasteiger partial charge on any atom is 0.145 e. The molecule has 3 aromatic rings. The van der Waals surface area contributed by atoms with Crippen LogP contribution in [0.3, 0.4) is 0 Å². The molecule has 200 valence electrons. The van der Waals surface area contributed by atoms with Gasteiger partial charge in [0.05, 0.1) is 17.0 Å². The van der Waals surface area contributed by atoms with Crippen LogP contribution in [-0.2, 0) is 11.2 Å². The van der Waals surface area contributed by atoms with Gasteiger partial charge in [-0.15, -0.1) is 0 Å². The van der Waals surface area contributed by atoms with Gasteiger partial charge in [0, 0.05) is 18.4 Å². The number of fused-ring (bicyclic) bond motifs is 5. The van der Waals surface area contributed by atoms with Crippen molar-refractivity contribution in [3.63, 3.8) is 0 Å². The first kappa shape index (κ1) is 24.9. The van der Waals surface area contributed by atoms with Crippen molar-refractivity contribution in [2.24, 2.45) is 5.92 Å². The highest BCUT2D eigenvalue weighted by atomic mass is 16.5. The summed E-state index contributed by atoms with van der Waals surface area (Å²) in [4.78, 5) is 14.2. The van der Waals surface area contributed by atoms with Gasteiger partial charge in [0.1, 0.15) is 51.5 Å². The lowest BCUT2D eigenvalue weighted by Gasteiger charge is -2.46. The predicted octanol–water partition coefficient (Wildman–Crippen LogP) is 5.84. The maximum atomic E-state index is 14.2. The highest BCUT2D eigenvalue weighted by Gasteiger charge is 2.48. The fourth-order valence-electron chi connectivity index (χ4n) is 6.16. The zero-order valence-corrected chi connectivity index (χ0v) is 21.9. The van der Waals surface area contributed by atoms with Crippen LogP contribution in [-0.4, -0.2) is 37.4 Å². The summed E-state index contributed by atoms with van der Waals surface area (Å²) in [5, 5.41) is 42.4. The molecule has 4 N–H and O–H groups in total. The van der Waals surface area contributed by atoms with Crippen LogP contribution >= 0.6 is 0 Å². The summed E-state index contributed by atoms with van der Waals surface area (Å²) in [6, 6.07) is 12.7. The minimum Gasteiger partial charge on any atom is -0.508 e. The summed E-state index contributed by atoms with van der Waals surface area (Å²) < 4.78 is 12.3. The molecule has 2 bridgehead atoms. The molecular formula is C32H30O7.